The molecule has 2 aromatic carbocycles. The molecule has 1 N–H and O–H groups in total. The Hall–Kier alpha value is -3.40. The molecule has 0 unspecified atom stereocenters. The second kappa shape index (κ2) is 11.1. The molecule has 1 fully saturated rings. The fraction of sp³-hybridized carbons (Fsp3) is 0.375. The summed E-state index contributed by atoms with van der Waals surface area (Å²) in [6.45, 7) is 2.67. The van der Waals surface area contributed by atoms with Crippen LogP contribution in [0.4, 0.5) is 11.4 Å². The SMILES string of the molecule is CN(Cc1ccccc1N1CCCCC1)C(=O)c1ccc(NC(=O)CSc2nnnn2C)cc1. The zero-order valence-electron chi connectivity index (χ0n) is 19.5. The van der Waals surface area contributed by atoms with Gasteiger partial charge in [-0.05, 0) is 65.6 Å². The topological polar surface area (TPSA) is 96.2 Å². The van der Waals surface area contributed by atoms with Gasteiger partial charge in [-0.3, -0.25) is 9.59 Å². The summed E-state index contributed by atoms with van der Waals surface area (Å²) in [5.41, 5.74) is 3.58. The van der Waals surface area contributed by atoms with E-state index < -0.39 is 0 Å². The van der Waals surface area contributed by atoms with E-state index in [1.807, 2.05) is 13.1 Å². The smallest absolute Gasteiger partial charge is 0.253 e. The number of carbonyl (C=O) groups excluding carboxylic acids is 2. The zero-order valence-corrected chi connectivity index (χ0v) is 20.3. The Morgan fingerprint density at radius 3 is 2.50 bits per heavy atom. The number of anilines is 2. The number of piperidine rings is 1. The fourth-order valence-corrected chi connectivity index (χ4v) is 4.65. The highest BCUT2D eigenvalue weighted by Gasteiger charge is 2.18. The summed E-state index contributed by atoms with van der Waals surface area (Å²) >= 11 is 1.26. The first-order valence-corrected chi connectivity index (χ1v) is 12.3. The van der Waals surface area contributed by atoms with E-state index >= 15 is 0 Å². The van der Waals surface area contributed by atoms with Crippen LogP contribution >= 0.6 is 11.8 Å². The Labute approximate surface area is 203 Å². The minimum atomic E-state index is -0.168. The maximum Gasteiger partial charge on any atom is 0.253 e. The van der Waals surface area contributed by atoms with Crippen LogP contribution in [0.25, 0.3) is 0 Å². The first-order chi connectivity index (χ1) is 16.5. The number of carbonyl (C=O) groups is 2. The van der Waals surface area contributed by atoms with Crippen LogP contribution in [-0.4, -0.2) is 62.8 Å². The first kappa shape index (κ1) is 23.7. The molecule has 1 aromatic heterocycles. The van der Waals surface area contributed by atoms with Crippen LogP contribution in [0.15, 0.2) is 53.7 Å². The summed E-state index contributed by atoms with van der Waals surface area (Å²) in [6, 6.07) is 15.3. The lowest BCUT2D eigenvalue weighted by atomic mass is 10.1. The third-order valence-corrected chi connectivity index (χ3v) is 6.78. The van der Waals surface area contributed by atoms with Gasteiger partial charge < -0.3 is 15.1 Å². The number of rotatable bonds is 8. The number of aryl methyl sites for hydroxylation is 1. The van der Waals surface area contributed by atoms with Gasteiger partial charge in [-0.15, -0.1) is 5.10 Å². The van der Waals surface area contributed by atoms with Crippen LogP contribution < -0.4 is 10.2 Å². The molecule has 2 heterocycles. The number of para-hydroxylation sites is 1. The van der Waals surface area contributed by atoms with Gasteiger partial charge in [-0.1, -0.05) is 30.0 Å². The molecule has 10 heteroatoms. The number of hydrogen-bond donors (Lipinski definition) is 1. The van der Waals surface area contributed by atoms with Crippen molar-refractivity contribution in [2.24, 2.45) is 7.05 Å². The standard InChI is InChI=1S/C24H29N7O2S/c1-29(16-19-8-4-5-9-21(19)31-14-6-3-7-15-31)23(33)18-10-12-20(13-11-18)25-22(32)17-34-24-26-27-28-30(24)2/h4-5,8-13H,3,6-7,14-17H2,1-2H3,(H,25,32). The summed E-state index contributed by atoms with van der Waals surface area (Å²) in [6.07, 6.45) is 3.70. The summed E-state index contributed by atoms with van der Waals surface area (Å²) in [5.74, 6) is -0.0381. The van der Waals surface area contributed by atoms with E-state index in [1.165, 1.54) is 41.4 Å². The van der Waals surface area contributed by atoms with Crippen LogP contribution in [0.5, 0.6) is 0 Å². The summed E-state index contributed by atoms with van der Waals surface area (Å²) < 4.78 is 1.51. The number of nitrogens with zero attached hydrogens (tertiary/aromatic N) is 6. The first-order valence-electron chi connectivity index (χ1n) is 11.3. The molecule has 4 rings (SSSR count). The van der Waals surface area contributed by atoms with Gasteiger partial charge in [0.25, 0.3) is 5.91 Å². The average Bonchev–Trinajstić information content (AvgIpc) is 3.28. The molecule has 1 aliphatic heterocycles. The van der Waals surface area contributed by atoms with Gasteiger partial charge in [0.1, 0.15) is 0 Å². The molecule has 0 atom stereocenters. The fourth-order valence-electron chi connectivity index (χ4n) is 4.00. The van der Waals surface area contributed by atoms with E-state index in [0.717, 1.165) is 18.7 Å². The number of thioether (sulfide) groups is 1. The average molecular weight is 480 g/mol. The third kappa shape index (κ3) is 5.93. The van der Waals surface area contributed by atoms with Crippen molar-refractivity contribution >= 4 is 35.0 Å². The Balaban J connectivity index is 1.33. The molecule has 34 heavy (non-hydrogen) atoms. The van der Waals surface area contributed by atoms with Gasteiger partial charge >= 0.3 is 0 Å². The minimum Gasteiger partial charge on any atom is -0.371 e. The Kier molecular flexibility index (Phi) is 7.79. The van der Waals surface area contributed by atoms with Gasteiger partial charge in [0.15, 0.2) is 0 Å². The Morgan fingerprint density at radius 1 is 1.06 bits per heavy atom. The predicted octanol–water partition coefficient (Wildman–Crippen LogP) is 3.20. The lowest BCUT2D eigenvalue weighted by molar-refractivity contribution is -0.113. The Morgan fingerprint density at radius 2 is 1.79 bits per heavy atom. The molecule has 1 aliphatic rings. The molecule has 0 bridgehead atoms. The van der Waals surface area contributed by atoms with E-state index in [2.05, 4.69) is 43.9 Å². The van der Waals surface area contributed by atoms with Crippen molar-refractivity contribution in [3.8, 4) is 0 Å². The molecule has 0 saturated carbocycles. The zero-order chi connectivity index (χ0) is 23.9. The van der Waals surface area contributed by atoms with Gasteiger partial charge in [0.2, 0.25) is 11.1 Å². The van der Waals surface area contributed by atoms with Crippen molar-refractivity contribution in [1.82, 2.24) is 25.1 Å². The maximum atomic E-state index is 13.0. The lowest BCUT2D eigenvalue weighted by Crippen LogP contribution is -2.32. The van der Waals surface area contributed by atoms with Crippen molar-refractivity contribution in [2.75, 3.05) is 36.1 Å². The van der Waals surface area contributed by atoms with E-state index in [9.17, 15) is 9.59 Å². The molecular formula is C24H29N7O2S. The number of tetrazole rings is 1. The van der Waals surface area contributed by atoms with Gasteiger partial charge in [-0.25, -0.2) is 4.68 Å². The highest BCUT2D eigenvalue weighted by Crippen LogP contribution is 2.25. The molecule has 0 radical (unpaired) electrons. The van der Waals surface area contributed by atoms with Crippen molar-refractivity contribution in [2.45, 2.75) is 31.0 Å². The molecule has 1 saturated heterocycles. The molecule has 178 valence electrons. The Bertz CT molecular complexity index is 1130. The number of benzene rings is 2. The summed E-state index contributed by atoms with van der Waals surface area (Å²) in [4.78, 5) is 29.4. The number of amides is 2. The summed E-state index contributed by atoms with van der Waals surface area (Å²) in [7, 11) is 3.54. The van der Waals surface area contributed by atoms with Crippen LogP contribution in [-0.2, 0) is 18.4 Å². The van der Waals surface area contributed by atoms with Gasteiger partial charge in [-0.2, -0.15) is 0 Å². The van der Waals surface area contributed by atoms with Crippen molar-refractivity contribution in [1.29, 1.82) is 0 Å². The van der Waals surface area contributed by atoms with Crippen molar-refractivity contribution < 1.29 is 9.59 Å². The summed E-state index contributed by atoms with van der Waals surface area (Å²) in [5, 5.41) is 14.5. The number of hydrogen-bond acceptors (Lipinski definition) is 7. The number of aromatic nitrogens is 4. The third-order valence-electron chi connectivity index (χ3n) is 5.77. The molecule has 0 spiro atoms. The maximum absolute atomic E-state index is 13.0. The van der Waals surface area contributed by atoms with Crippen LogP contribution in [0.3, 0.4) is 0 Å². The number of nitrogens with one attached hydrogen (secondary N) is 1. The van der Waals surface area contributed by atoms with Gasteiger partial charge in [0, 0.05) is 50.7 Å². The van der Waals surface area contributed by atoms with Crippen LogP contribution in [0.1, 0.15) is 35.2 Å². The second-order valence-corrected chi connectivity index (χ2v) is 9.28. The molecule has 9 nitrogen and oxygen atoms in total. The molecule has 2 amide bonds. The van der Waals surface area contributed by atoms with E-state index in [4.69, 9.17) is 0 Å². The van der Waals surface area contributed by atoms with E-state index in [1.54, 1.807) is 36.2 Å². The lowest BCUT2D eigenvalue weighted by Gasteiger charge is -2.31. The normalized spacial score (nSPS) is 13.5. The highest BCUT2D eigenvalue weighted by molar-refractivity contribution is 7.99. The predicted molar refractivity (Wildman–Crippen MR) is 133 cm³/mol. The molecular weight excluding hydrogens is 450 g/mol. The van der Waals surface area contributed by atoms with Crippen LogP contribution in [0.2, 0.25) is 0 Å². The van der Waals surface area contributed by atoms with E-state index in [-0.39, 0.29) is 17.6 Å². The van der Waals surface area contributed by atoms with Crippen LogP contribution in [0, 0.1) is 0 Å². The van der Waals surface area contributed by atoms with Crippen molar-refractivity contribution in [3.05, 3.63) is 59.7 Å². The highest BCUT2D eigenvalue weighted by atomic mass is 32.2. The van der Waals surface area contributed by atoms with E-state index in [0.29, 0.717) is 23.0 Å². The largest absolute Gasteiger partial charge is 0.371 e. The van der Waals surface area contributed by atoms with Gasteiger partial charge in [0.05, 0.1) is 5.75 Å². The quantitative estimate of drug-likeness (QED) is 0.496. The van der Waals surface area contributed by atoms with Crippen molar-refractivity contribution in [3.63, 3.8) is 0 Å². The molecule has 3 aromatic rings. The minimum absolute atomic E-state index is 0.0586. The monoisotopic (exact) mass is 479 g/mol. The second-order valence-electron chi connectivity index (χ2n) is 8.34. The molecule has 0 aliphatic carbocycles.